The van der Waals surface area contributed by atoms with Gasteiger partial charge in [0, 0.05) is 15.1 Å². The number of halogens is 3. The largest absolute Gasteiger partial charge is 0.306 e. The summed E-state index contributed by atoms with van der Waals surface area (Å²) in [4.78, 5) is 0. The Kier molecular flexibility index (Phi) is 5.19. The molecule has 0 saturated carbocycles. The summed E-state index contributed by atoms with van der Waals surface area (Å²) in [6.07, 6.45) is 0. The van der Waals surface area contributed by atoms with E-state index in [2.05, 4.69) is 21.2 Å². The van der Waals surface area contributed by atoms with Gasteiger partial charge in [-0.05, 0) is 48.9 Å². The fourth-order valence-corrected chi connectivity index (χ4v) is 2.70. The van der Waals surface area contributed by atoms with Crippen LogP contribution in [0.3, 0.4) is 0 Å². The monoisotopic (exact) mass is 355 g/mol. The molecule has 0 aromatic heterocycles. The Labute approximate surface area is 132 Å². The fraction of sp³-hybridized carbons (Fsp3) is 0.250. The van der Waals surface area contributed by atoms with Crippen LogP contribution >= 0.6 is 27.5 Å². The van der Waals surface area contributed by atoms with Crippen LogP contribution in [0.15, 0.2) is 40.9 Å². The summed E-state index contributed by atoms with van der Waals surface area (Å²) in [6, 6.07) is 10.6. The van der Waals surface area contributed by atoms with E-state index in [0.29, 0.717) is 10.6 Å². The number of hydrogen-bond donors (Lipinski definition) is 1. The molecule has 2 aromatic carbocycles. The number of nitrogens with one attached hydrogen (secondary N) is 1. The van der Waals surface area contributed by atoms with Gasteiger partial charge in [-0.3, -0.25) is 0 Å². The lowest BCUT2D eigenvalue weighted by molar-refractivity contribution is 0.558. The van der Waals surface area contributed by atoms with Crippen molar-refractivity contribution in [3.8, 4) is 0 Å². The van der Waals surface area contributed by atoms with E-state index >= 15 is 0 Å². The molecule has 4 heteroatoms. The third-order valence-electron chi connectivity index (χ3n) is 3.21. The van der Waals surface area contributed by atoms with Gasteiger partial charge >= 0.3 is 0 Å². The summed E-state index contributed by atoms with van der Waals surface area (Å²) in [5.41, 5.74) is 2.58. The zero-order valence-corrected chi connectivity index (χ0v) is 13.7. The van der Waals surface area contributed by atoms with Crippen LogP contribution in [-0.4, -0.2) is 6.54 Å². The highest BCUT2D eigenvalue weighted by Crippen LogP contribution is 2.29. The minimum absolute atomic E-state index is 0.212. The van der Waals surface area contributed by atoms with Gasteiger partial charge in [-0.1, -0.05) is 46.6 Å². The zero-order chi connectivity index (χ0) is 14.7. The van der Waals surface area contributed by atoms with Gasteiger partial charge in [-0.15, -0.1) is 0 Å². The van der Waals surface area contributed by atoms with Crippen molar-refractivity contribution in [3.63, 3.8) is 0 Å². The van der Waals surface area contributed by atoms with Gasteiger partial charge in [0.2, 0.25) is 0 Å². The third-order valence-corrected chi connectivity index (χ3v) is 4.11. The predicted molar refractivity (Wildman–Crippen MR) is 85.8 cm³/mol. The first-order chi connectivity index (χ1) is 9.52. The SMILES string of the molecule is CCNC(c1ccc(C)c(Cl)c1)c1cc(Br)ccc1F. The van der Waals surface area contributed by atoms with E-state index in [1.54, 1.807) is 12.1 Å². The van der Waals surface area contributed by atoms with Crippen LogP contribution in [0.2, 0.25) is 5.02 Å². The van der Waals surface area contributed by atoms with Crippen LogP contribution in [0.5, 0.6) is 0 Å². The normalized spacial score (nSPS) is 12.4. The molecule has 0 amide bonds. The average molecular weight is 357 g/mol. The van der Waals surface area contributed by atoms with E-state index in [9.17, 15) is 4.39 Å². The molecule has 2 aromatic rings. The maximum Gasteiger partial charge on any atom is 0.128 e. The van der Waals surface area contributed by atoms with Gasteiger partial charge in [-0.2, -0.15) is 0 Å². The first-order valence-corrected chi connectivity index (χ1v) is 7.64. The van der Waals surface area contributed by atoms with Crippen molar-refractivity contribution < 1.29 is 4.39 Å². The highest BCUT2D eigenvalue weighted by atomic mass is 79.9. The Hall–Kier alpha value is -0.900. The van der Waals surface area contributed by atoms with E-state index < -0.39 is 0 Å². The molecule has 0 spiro atoms. The Morgan fingerprint density at radius 1 is 1.25 bits per heavy atom. The van der Waals surface area contributed by atoms with E-state index in [-0.39, 0.29) is 11.9 Å². The average Bonchev–Trinajstić information content (AvgIpc) is 2.42. The lowest BCUT2D eigenvalue weighted by atomic mass is 9.97. The van der Waals surface area contributed by atoms with Crippen LogP contribution in [0.1, 0.15) is 29.7 Å². The quantitative estimate of drug-likeness (QED) is 0.789. The molecule has 0 aliphatic rings. The molecule has 20 heavy (non-hydrogen) atoms. The molecule has 1 atom stereocenters. The Bertz CT molecular complexity index is 615. The minimum atomic E-state index is -0.226. The standard InChI is InChI=1S/C16H16BrClFN/c1-3-20-16(11-5-4-10(2)14(18)8-11)13-9-12(17)6-7-15(13)19/h4-9,16,20H,3H2,1-2H3. The molecule has 0 saturated heterocycles. The molecule has 0 aliphatic heterocycles. The second-order valence-electron chi connectivity index (χ2n) is 4.67. The van der Waals surface area contributed by atoms with Gasteiger partial charge < -0.3 is 5.32 Å². The number of benzene rings is 2. The van der Waals surface area contributed by atoms with E-state index in [4.69, 9.17) is 11.6 Å². The maximum absolute atomic E-state index is 14.1. The second kappa shape index (κ2) is 6.70. The molecular formula is C16H16BrClFN. The van der Waals surface area contributed by atoms with Gasteiger partial charge in [-0.25, -0.2) is 4.39 Å². The predicted octanol–water partition coefficient (Wildman–Crippen LogP) is 5.25. The molecule has 106 valence electrons. The van der Waals surface area contributed by atoms with Crippen molar-refractivity contribution >= 4 is 27.5 Å². The van der Waals surface area contributed by atoms with Crippen molar-refractivity contribution in [3.05, 3.63) is 68.4 Å². The highest BCUT2D eigenvalue weighted by Gasteiger charge is 2.18. The van der Waals surface area contributed by atoms with Gasteiger partial charge in [0.15, 0.2) is 0 Å². The number of hydrogen-bond acceptors (Lipinski definition) is 1. The molecule has 1 N–H and O–H groups in total. The summed E-state index contributed by atoms with van der Waals surface area (Å²) in [5.74, 6) is -0.226. The van der Waals surface area contributed by atoms with Crippen LogP contribution in [0, 0.1) is 12.7 Å². The summed E-state index contributed by atoms with van der Waals surface area (Å²) in [5, 5.41) is 4.01. The van der Waals surface area contributed by atoms with Crippen molar-refractivity contribution in [2.75, 3.05) is 6.54 Å². The van der Waals surface area contributed by atoms with Crippen LogP contribution in [0.4, 0.5) is 4.39 Å². The minimum Gasteiger partial charge on any atom is -0.306 e. The summed E-state index contributed by atoms with van der Waals surface area (Å²) in [7, 11) is 0. The second-order valence-corrected chi connectivity index (χ2v) is 5.99. The molecule has 0 bridgehead atoms. The van der Waals surface area contributed by atoms with E-state index in [0.717, 1.165) is 22.1 Å². The van der Waals surface area contributed by atoms with Gasteiger partial charge in [0.05, 0.1) is 6.04 Å². The van der Waals surface area contributed by atoms with Crippen molar-refractivity contribution in [2.45, 2.75) is 19.9 Å². The maximum atomic E-state index is 14.1. The molecule has 0 fully saturated rings. The topological polar surface area (TPSA) is 12.0 Å². The van der Waals surface area contributed by atoms with Crippen molar-refractivity contribution in [2.24, 2.45) is 0 Å². The molecule has 2 rings (SSSR count). The first-order valence-electron chi connectivity index (χ1n) is 6.47. The van der Waals surface area contributed by atoms with Crippen molar-refractivity contribution in [1.29, 1.82) is 0 Å². The molecule has 1 nitrogen and oxygen atoms in total. The molecule has 1 unspecified atom stereocenters. The molecule has 0 aliphatic carbocycles. The van der Waals surface area contributed by atoms with Crippen LogP contribution in [0.25, 0.3) is 0 Å². The fourth-order valence-electron chi connectivity index (χ4n) is 2.14. The lowest BCUT2D eigenvalue weighted by Gasteiger charge is -2.20. The first kappa shape index (κ1) is 15.5. The smallest absolute Gasteiger partial charge is 0.128 e. The Morgan fingerprint density at radius 2 is 2.00 bits per heavy atom. The van der Waals surface area contributed by atoms with Crippen LogP contribution < -0.4 is 5.32 Å². The lowest BCUT2D eigenvalue weighted by Crippen LogP contribution is -2.23. The molecular weight excluding hydrogens is 341 g/mol. The van der Waals surface area contributed by atoms with Gasteiger partial charge in [0.25, 0.3) is 0 Å². The molecule has 0 radical (unpaired) electrons. The summed E-state index contributed by atoms with van der Waals surface area (Å²) < 4.78 is 15.0. The Morgan fingerprint density at radius 3 is 2.65 bits per heavy atom. The van der Waals surface area contributed by atoms with Gasteiger partial charge in [0.1, 0.15) is 5.82 Å². The zero-order valence-electron chi connectivity index (χ0n) is 11.4. The molecule has 0 heterocycles. The highest BCUT2D eigenvalue weighted by molar-refractivity contribution is 9.10. The van der Waals surface area contributed by atoms with E-state index in [1.165, 1.54) is 6.07 Å². The van der Waals surface area contributed by atoms with Crippen LogP contribution in [-0.2, 0) is 0 Å². The number of rotatable bonds is 4. The third kappa shape index (κ3) is 3.40. The number of aryl methyl sites for hydroxylation is 1. The van der Waals surface area contributed by atoms with E-state index in [1.807, 2.05) is 32.0 Å². The summed E-state index contributed by atoms with van der Waals surface area (Å²) in [6.45, 7) is 4.69. The summed E-state index contributed by atoms with van der Waals surface area (Å²) >= 11 is 9.58. The Balaban J connectivity index is 2.49. The van der Waals surface area contributed by atoms with Crippen molar-refractivity contribution in [1.82, 2.24) is 5.32 Å².